The molecule has 2 aromatic carbocycles. The number of halogens is 1. The number of nitrogens with two attached hydrogens (primary N) is 2. The molecule has 0 saturated carbocycles. The highest BCUT2D eigenvalue weighted by Gasteiger charge is 1.89. The van der Waals surface area contributed by atoms with Crippen LogP contribution in [0, 0.1) is 0 Å². The standard InChI is InChI=1S/C8H11NO.C7H8ClN/c1-10-8-4-2-7(6-9)3-5-8;8-7-3-1-6(5-9)2-4-7/h2-5H,6,9H2,1H3;1-4H,5,9H2. The van der Waals surface area contributed by atoms with Crippen LogP contribution in [0.15, 0.2) is 48.5 Å². The van der Waals surface area contributed by atoms with Crippen LogP contribution in [0.3, 0.4) is 0 Å². The Kier molecular flexibility index (Phi) is 6.97. The average Bonchev–Trinajstić information content (AvgIpc) is 2.49. The van der Waals surface area contributed by atoms with Crippen molar-refractivity contribution in [2.45, 2.75) is 13.1 Å². The highest BCUT2D eigenvalue weighted by Crippen LogP contribution is 2.10. The van der Waals surface area contributed by atoms with E-state index < -0.39 is 0 Å². The van der Waals surface area contributed by atoms with E-state index in [9.17, 15) is 0 Å². The second kappa shape index (κ2) is 8.53. The Labute approximate surface area is 119 Å². The Bertz CT molecular complexity index is 446. The molecule has 0 unspecified atom stereocenters. The molecule has 4 N–H and O–H groups in total. The van der Waals surface area contributed by atoms with Gasteiger partial charge in [-0.15, -0.1) is 0 Å². The summed E-state index contributed by atoms with van der Waals surface area (Å²) in [6.45, 7) is 1.17. The Hall–Kier alpha value is -1.55. The predicted octanol–water partition coefficient (Wildman–Crippen LogP) is 2.95. The van der Waals surface area contributed by atoms with E-state index in [2.05, 4.69) is 0 Å². The monoisotopic (exact) mass is 278 g/mol. The minimum atomic E-state index is 0.581. The lowest BCUT2D eigenvalue weighted by molar-refractivity contribution is 0.414. The van der Waals surface area contributed by atoms with Crippen LogP contribution >= 0.6 is 11.6 Å². The highest BCUT2D eigenvalue weighted by atomic mass is 35.5. The highest BCUT2D eigenvalue weighted by molar-refractivity contribution is 6.30. The van der Waals surface area contributed by atoms with Crippen molar-refractivity contribution in [2.24, 2.45) is 11.5 Å². The van der Waals surface area contributed by atoms with Gasteiger partial charge in [0.05, 0.1) is 7.11 Å². The fourth-order valence-electron chi connectivity index (χ4n) is 1.38. The van der Waals surface area contributed by atoms with Gasteiger partial charge in [-0.1, -0.05) is 35.9 Å². The smallest absolute Gasteiger partial charge is 0.118 e. The zero-order chi connectivity index (χ0) is 14.1. The lowest BCUT2D eigenvalue weighted by Crippen LogP contribution is -1.95. The van der Waals surface area contributed by atoms with Crippen LogP contribution in [0.1, 0.15) is 11.1 Å². The summed E-state index contributed by atoms with van der Waals surface area (Å²) >= 11 is 5.63. The molecule has 3 nitrogen and oxygen atoms in total. The molecular weight excluding hydrogens is 260 g/mol. The van der Waals surface area contributed by atoms with Gasteiger partial charge in [-0.05, 0) is 35.4 Å². The largest absolute Gasteiger partial charge is 0.497 e. The number of hydrogen-bond donors (Lipinski definition) is 2. The van der Waals surface area contributed by atoms with Crippen molar-refractivity contribution in [2.75, 3.05) is 7.11 Å². The zero-order valence-electron chi connectivity index (χ0n) is 11.0. The van der Waals surface area contributed by atoms with Crippen molar-refractivity contribution in [3.05, 3.63) is 64.7 Å². The Morgan fingerprint density at radius 3 is 1.63 bits per heavy atom. The molecule has 0 radical (unpaired) electrons. The van der Waals surface area contributed by atoms with Crippen LogP contribution in [0.4, 0.5) is 0 Å². The molecule has 2 rings (SSSR count). The molecule has 0 amide bonds. The van der Waals surface area contributed by atoms with Crippen LogP contribution in [0.2, 0.25) is 5.02 Å². The van der Waals surface area contributed by atoms with Gasteiger partial charge in [-0.2, -0.15) is 0 Å². The summed E-state index contributed by atoms with van der Waals surface area (Å²) < 4.78 is 4.97. The fraction of sp³-hybridized carbons (Fsp3) is 0.200. The van der Waals surface area contributed by atoms with Crippen molar-refractivity contribution in [3.8, 4) is 5.75 Å². The summed E-state index contributed by atoms with van der Waals surface area (Å²) in [6, 6.07) is 15.2. The van der Waals surface area contributed by atoms with Crippen LogP contribution in [0.25, 0.3) is 0 Å². The molecule has 0 aromatic heterocycles. The van der Waals surface area contributed by atoms with Gasteiger partial charge in [0.15, 0.2) is 0 Å². The van der Waals surface area contributed by atoms with Gasteiger partial charge in [0, 0.05) is 18.1 Å². The minimum absolute atomic E-state index is 0.581. The van der Waals surface area contributed by atoms with Crippen molar-refractivity contribution < 1.29 is 4.74 Å². The van der Waals surface area contributed by atoms with E-state index in [1.807, 2.05) is 48.5 Å². The first-order valence-electron chi connectivity index (χ1n) is 5.97. The molecule has 0 aliphatic carbocycles. The third-order valence-corrected chi connectivity index (χ3v) is 2.80. The van der Waals surface area contributed by atoms with Gasteiger partial charge >= 0.3 is 0 Å². The fourth-order valence-corrected chi connectivity index (χ4v) is 1.51. The molecule has 2 aromatic rings. The maximum absolute atomic E-state index is 5.63. The minimum Gasteiger partial charge on any atom is -0.497 e. The third-order valence-electron chi connectivity index (χ3n) is 2.54. The summed E-state index contributed by atoms with van der Waals surface area (Å²) in [6.07, 6.45) is 0. The normalized spacial score (nSPS) is 9.47. The predicted molar refractivity (Wildman–Crippen MR) is 80.2 cm³/mol. The summed E-state index contributed by atoms with van der Waals surface area (Å²) in [7, 11) is 1.65. The summed E-state index contributed by atoms with van der Waals surface area (Å²) in [5.41, 5.74) is 13.0. The van der Waals surface area contributed by atoms with Crippen molar-refractivity contribution in [3.63, 3.8) is 0 Å². The molecule has 0 fully saturated rings. The van der Waals surface area contributed by atoms with Crippen LogP contribution < -0.4 is 16.2 Å². The first kappa shape index (κ1) is 15.5. The number of benzene rings is 2. The van der Waals surface area contributed by atoms with Crippen LogP contribution in [0.5, 0.6) is 5.75 Å². The molecular formula is C15H19ClN2O. The second-order valence-corrected chi connectivity index (χ2v) is 4.32. The molecule has 0 bridgehead atoms. The molecule has 0 heterocycles. The average molecular weight is 279 g/mol. The van der Waals surface area contributed by atoms with E-state index in [-0.39, 0.29) is 0 Å². The van der Waals surface area contributed by atoms with E-state index in [0.717, 1.165) is 21.9 Å². The van der Waals surface area contributed by atoms with Crippen molar-refractivity contribution in [1.29, 1.82) is 0 Å². The molecule has 4 heteroatoms. The Balaban J connectivity index is 0.000000191. The van der Waals surface area contributed by atoms with Crippen LogP contribution in [-0.4, -0.2) is 7.11 Å². The first-order chi connectivity index (χ1) is 9.19. The molecule has 102 valence electrons. The number of rotatable bonds is 3. The molecule has 0 spiro atoms. The van der Waals surface area contributed by atoms with Gasteiger partial charge < -0.3 is 16.2 Å². The Morgan fingerprint density at radius 2 is 1.26 bits per heavy atom. The number of methoxy groups -OCH3 is 1. The summed E-state index contributed by atoms with van der Waals surface area (Å²) in [5, 5.41) is 0.757. The second-order valence-electron chi connectivity index (χ2n) is 3.88. The zero-order valence-corrected chi connectivity index (χ0v) is 11.7. The van der Waals surface area contributed by atoms with E-state index in [4.69, 9.17) is 27.8 Å². The lowest BCUT2D eigenvalue weighted by atomic mass is 10.2. The van der Waals surface area contributed by atoms with Gasteiger partial charge in [-0.25, -0.2) is 0 Å². The first-order valence-corrected chi connectivity index (χ1v) is 6.35. The lowest BCUT2D eigenvalue weighted by Gasteiger charge is -1.99. The third kappa shape index (κ3) is 5.75. The van der Waals surface area contributed by atoms with E-state index in [1.54, 1.807) is 7.11 Å². The van der Waals surface area contributed by atoms with Gasteiger partial charge in [0.2, 0.25) is 0 Å². The SMILES string of the molecule is COc1ccc(CN)cc1.NCc1ccc(Cl)cc1. The summed E-state index contributed by atoms with van der Waals surface area (Å²) in [4.78, 5) is 0. The van der Waals surface area contributed by atoms with Gasteiger partial charge in [0.25, 0.3) is 0 Å². The van der Waals surface area contributed by atoms with Crippen molar-refractivity contribution in [1.82, 2.24) is 0 Å². The Morgan fingerprint density at radius 1 is 0.842 bits per heavy atom. The van der Waals surface area contributed by atoms with Gasteiger partial charge in [0.1, 0.15) is 5.75 Å². The topological polar surface area (TPSA) is 61.3 Å². The van der Waals surface area contributed by atoms with Crippen LogP contribution in [-0.2, 0) is 13.1 Å². The number of hydrogen-bond acceptors (Lipinski definition) is 3. The maximum Gasteiger partial charge on any atom is 0.118 e. The van der Waals surface area contributed by atoms with Gasteiger partial charge in [-0.3, -0.25) is 0 Å². The van der Waals surface area contributed by atoms with Crippen molar-refractivity contribution >= 4 is 11.6 Å². The van der Waals surface area contributed by atoms with E-state index >= 15 is 0 Å². The molecule has 0 atom stereocenters. The molecule has 0 aliphatic heterocycles. The summed E-state index contributed by atoms with van der Waals surface area (Å²) in [5.74, 6) is 0.872. The molecule has 0 aliphatic rings. The van der Waals surface area contributed by atoms with E-state index in [1.165, 1.54) is 0 Å². The quantitative estimate of drug-likeness (QED) is 0.907. The molecule has 19 heavy (non-hydrogen) atoms. The maximum atomic E-state index is 5.63. The number of ether oxygens (including phenoxy) is 1. The molecule has 0 saturated heterocycles. The van der Waals surface area contributed by atoms with E-state index in [0.29, 0.717) is 13.1 Å².